The Labute approximate surface area is 141 Å². The SMILES string of the molecule is N#CCOc1c(-c2ccc(Cl)cc2)oc2ccc(Cl)cc2c1=O. The van der Waals surface area contributed by atoms with Gasteiger partial charge in [0.05, 0.1) is 5.39 Å². The highest BCUT2D eigenvalue weighted by Gasteiger charge is 2.18. The molecule has 3 aromatic rings. The lowest BCUT2D eigenvalue weighted by atomic mass is 10.1. The van der Waals surface area contributed by atoms with Gasteiger partial charge in [-0.2, -0.15) is 5.26 Å². The molecular formula is C17H9Cl2NO3. The Bertz CT molecular complexity index is 972. The molecule has 0 unspecified atom stereocenters. The maximum atomic E-state index is 12.7. The predicted molar refractivity (Wildman–Crippen MR) is 89.0 cm³/mol. The molecule has 0 N–H and O–H groups in total. The van der Waals surface area contributed by atoms with Crippen molar-refractivity contribution in [3.63, 3.8) is 0 Å². The molecule has 1 aromatic heterocycles. The van der Waals surface area contributed by atoms with E-state index in [9.17, 15) is 4.79 Å². The molecule has 2 aromatic carbocycles. The minimum atomic E-state index is -0.381. The zero-order valence-electron chi connectivity index (χ0n) is 11.7. The van der Waals surface area contributed by atoms with Gasteiger partial charge in [-0.25, -0.2) is 0 Å². The summed E-state index contributed by atoms with van der Waals surface area (Å²) in [5, 5.41) is 9.99. The van der Waals surface area contributed by atoms with Crippen LogP contribution in [0.25, 0.3) is 22.3 Å². The first-order chi connectivity index (χ1) is 11.1. The number of hydrogen-bond donors (Lipinski definition) is 0. The number of fused-ring (bicyclic) bond motifs is 1. The van der Waals surface area contributed by atoms with Gasteiger partial charge in [0.25, 0.3) is 0 Å². The van der Waals surface area contributed by atoms with Gasteiger partial charge < -0.3 is 9.15 Å². The summed E-state index contributed by atoms with van der Waals surface area (Å²) in [7, 11) is 0. The van der Waals surface area contributed by atoms with Crippen molar-refractivity contribution in [3.8, 4) is 23.1 Å². The fourth-order valence-corrected chi connectivity index (χ4v) is 2.48. The van der Waals surface area contributed by atoms with Crippen LogP contribution in [0.5, 0.6) is 5.75 Å². The third-order valence-electron chi connectivity index (χ3n) is 3.20. The third-order valence-corrected chi connectivity index (χ3v) is 3.69. The Balaban J connectivity index is 2.30. The van der Waals surface area contributed by atoms with Crippen molar-refractivity contribution in [1.29, 1.82) is 5.26 Å². The Kier molecular flexibility index (Phi) is 4.24. The van der Waals surface area contributed by atoms with Gasteiger partial charge in [-0.1, -0.05) is 23.2 Å². The van der Waals surface area contributed by atoms with Crippen molar-refractivity contribution in [2.75, 3.05) is 6.61 Å². The largest absolute Gasteiger partial charge is 0.471 e. The summed E-state index contributed by atoms with van der Waals surface area (Å²) in [6, 6.07) is 13.4. The second kappa shape index (κ2) is 6.33. The maximum absolute atomic E-state index is 12.7. The summed E-state index contributed by atoms with van der Waals surface area (Å²) in [6.45, 7) is -0.266. The van der Waals surface area contributed by atoms with Crippen LogP contribution in [0.2, 0.25) is 10.0 Å². The molecule has 1 heterocycles. The molecule has 0 aliphatic heterocycles. The lowest BCUT2D eigenvalue weighted by molar-refractivity contribution is 0.356. The van der Waals surface area contributed by atoms with E-state index in [1.807, 2.05) is 6.07 Å². The van der Waals surface area contributed by atoms with Gasteiger partial charge in [-0.3, -0.25) is 4.79 Å². The fourth-order valence-electron chi connectivity index (χ4n) is 2.18. The molecular weight excluding hydrogens is 337 g/mol. The molecule has 0 atom stereocenters. The second-order valence-corrected chi connectivity index (χ2v) is 5.56. The zero-order chi connectivity index (χ0) is 16.4. The second-order valence-electron chi connectivity index (χ2n) is 4.68. The van der Waals surface area contributed by atoms with Crippen molar-refractivity contribution < 1.29 is 9.15 Å². The molecule has 0 bridgehead atoms. The number of ether oxygens (including phenoxy) is 1. The van der Waals surface area contributed by atoms with Gasteiger partial charge in [-0.15, -0.1) is 0 Å². The van der Waals surface area contributed by atoms with Crippen molar-refractivity contribution in [2.24, 2.45) is 0 Å². The van der Waals surface area contributed by atoms with E-state index in [4.69, 9.17) is 37.6 Å². The van der Waals surface area contributed by atoms with Gasteiger partial charge in [0, 0.05) is 15.6 Å². The third kappa shape index (κ3) is 3.02. The summed E-state index contributed by atoms with van der Waals surface area (Å²) >= 11 is 11.8. The Hall–Kier alpha value is -2.48. The predicted octanol–water partition coefficient (Wildman–Crippen LogP) is 4.67. The molecule has 3 rings (SSSR count). The molecule has 4 nitrogen and oxygen atoms in total. The van der Waals surface area contributed by atoms with Crippen LogP contribution in [0.3, 0.4) is 0 Å². The van der Waals surface area contributed by atoms with Gasteiger partial charge in [0.1, 0.15) is 11.7 Å². The Morgan fingerprint density at radius 2 is 1.78 bits per heavy atom. The summed E-state index contributed by atoms with van der Waals surface area (Å²) in [6.07, 6.45) is 0. The first-order valence-corrected chi connectivity index (χ1v) is 7.38. The van der Waals surface area contributed by atoms with E-state index in [0.717, 1.165) is 0 Å². The van der Waals surface area contributed by atoms with E-state index in [0.29, 0.717) is 26.6 Å². The molecule has 0 saturated heterocycles. The summed E-state index contributed by atoms with van der Waals surface area (Å²) in [4.78, 5) is 12.7. The fraction of sp³-hybridized carbons (Fsp3) is 0.0588. The van der Waals surface area contributed by atoms with E-state index >= 15 is 0 Å². The van der Waals surface area contributed by atoms with Crippen molar-refractivity contribution in [3.05, 3.63) is 62.7 Å². The molecule has 0 amide bonds. The smallest absolute Gasteiger partial charge is 0.235 e. The van der Waals surface area contributed by atoms with Crippen molar-refractivity contribution in [1.82, 2.24) is 0 Å². The van der Waals surface area contributed by atoms with Gasteiger partial charge in [-0.05, 0) is 42.5 Å². The van der Waals surface area contributed by atoms with Gasteiger partial charge >= 0.3 is 0 Å². The summed E-state index contributed by atoms with van der Waals surface area (Å²) < 4.78 is 11.1. The van der Waals surface area contributed by atoms with Crippen LogP contribution in [0.1, 0.15) is 0 Å². The highest BCUT2D eigenvalue weighted by Crippen LogP contribution is 2.32. The van der Waals surface area contributed by atoms with E-state index in [1.54, 1.807) is 36.4 Å². The van der Waals surface area contributed by atoms with Crippen LogP contribution in [0.4, 0.5) is 0 Å². The Morgan fingerprint density at radius 3 is 2.48 bits per heavy atom. The first-order valence-electron chi connectivity index (χ1n) is 6.62. The Morgan fingerprint density at radius 1 is 1.09 bits per heavy atom. The van der Waals surface area contributed by atoms with Crippen molar-refractivity contribution in [2.45, 2.75) is 0 Å². The maximum Gasteiger partial charge on any atom is 0.235 e. The van der Waals surface area contributed by atoms with E-state index < -0.39 is 0 Å². The molecule has 0 saturated carbocycles. The van der Waals surface area contributed by atoms with Crippen LogP contribution in [-0.2, 0) is 0 Å². The van der Waals surface area contributed by atoms with E-state index in [1.165, 1.54) is 6.07 Å². The highest BCUT2D eigenvalue weighted by atomic mass is 35.5. The van der Waals surface area contributed by atoms with Crippen molar-refractivity contribution >= 4 is 34.2 Å². The standard InChI is InChI=1S/C17H9Cl2NO3/c18-11-3-1-10(2-4-11)16-17(22-8-7-20)15(21)13-9-12(19)5-6-14(13)23-16/h1-6,9H,8H2. The average Bonchev–Trinajstić information content (AvgIpc) is 2.55. The van der Waals surface area contributed by atoms with Gasteiger partial charge in [0.15, 0.2) is 12.4 Å². The molecule has 6 heteroatoms. The van der Waals surface area contributed by atoms with Gasteiger partial charge in [0.2, 0.25) is 11.2 Å². The lowest BCUT2D eigenvalue weighted by Gasteiger charge is -2.10. The van der Waals surface area contributed by atoms with Crippen LogP contribution in [-0.4, -0.2) is 6.61 Å². The average molecular weight is 346 g/mol. The van der Waals surface area contributed by atoms with Crippen LogP contribution >= 0.6 is 23.2 Å². The number of rotatable bonds is 3. The number of benzene rings is 2. The van der Waals surface area contributed by atoms with E-state index in [2.05, 4.69) is 0 Å². The molecule has 0 aliphatic rings. The molecule has 114 valence electrons. The molecule has 0 aliphatic carbocycles. The molecule has 0 spiro atoms. The molecule has 23 heavy (non-hydrogen) atoms. The molecule has 0 fully saturated rings. The lowest BCUT2D eigenvalue weighted by Crippen LogP contribution is -2.10. The normalized spacial score (nSPS) is 10.5. The topological polar surface area (TPSA) is 63.2 Å². The summed E-state index contributed by atoms with van der Waals surface area (Å²) in [5.74, 6) is 0.223. The highest BCUT2D eigenvalue weighted by molar-refractivity contribution is 6.31. The monoisotopic (exact) mass is 345 g/mol. The minimum absolute atomic E-state index is 0.0244. The van der Waals surface area contributed by atoms with Crippen LogP contribution < -0.4 is 10.2 Å². The van der Waals surface area contributed by atoms with Crippen LogP contribution in [0, 0.1) is 11.3 Å². The number of nitriles is 1. The quantitative estimate of drug-likeness (QED) is 0.691. The zero-order valence-corrected chi connectivity index (χ0v) is 13.2. The van der Waals surface area contributed by atoms with E-state index in [-0.39, 0.29) is 23.5 Å². The van der Waals surface area contributed by atoms with Crippen LogP contribution in [0.15, 0.2) is 51.7 Å². The molecule has 0 radical (unpaired) electrons. The number of halogens is 2. The number of hydrogen-bond acceptors (Lipinski definition) is 4. The summed E-state index contributed by atoms with van der Waals surface area (Å²) in [5.41, 5.74) is 0.624. The number of nitrogens with zero attached hydrogens (tertiary/aromatic N) is 1. The minimum Gasteiger partial charge on any atom is -0.471 e. The first kappa shape index (κ1) is 15.4.